The molecule has 2 aromatic carbocycles. The van der Waals surface area contributed by atoms with E-state index in [9.17, 15) is 13.8 Å². The first-order valence-electron chi connectivity index (χ1n) is 20.0. The van der Waals surface area contributed by atoms with Gasteiger partial charge in [0.25, 0.3) is 0 Å². The second-order valence-corrected chi connectivity index (χ2v) is 17.0. The van der Waals surface area contributed by atoms with E-state index < -0.39 is 22.8 Å². The molecule has 0 radical (unpaired) electrons. The van der Waals surface area contributed by atoms with Crippen molar-refractivity contribution in [2.24, 2.45) is 18.7 Å². The van der Waals surface area contributed by atoms with Gasteiger partial charge in [0.15, 0.2) is 5.75 Å². The molecule has 0 saturated carbocycles. The molecule has 5 aromatic rings. The number of aryl methyl sites for hydroxylation is 1. The average Bonchev–Trinajstić information content (AvgIpc) is 3.75. The van der Waals surface area contributed by atoms with E-state index in [-0.39, 0.29) is 35.2 Å². The number of carbonyl (C=O) groups excluding carboxylic acids is 1. The summed E-state index contributed by atoms with van der Waals surface area (Å²) in [7, 11) is 1.94. The molecule has 0 aliphatic carbocycles. The highest BCUT2D eigenvalue weighted by molar-refractivity contribution is 7.82. The summed E-state index contributed by atoms with van der Waals surface area (Å²) in [4.78, 5) is 39.1. The number of carbonyl (C=O) groups is 1. The zero-order valence-corrected chi connectivity index (χ0v) is 35.6. The highest BCUT2D eigenvalue weighted by Gasteiger charge is 2.30. The van der Waals surface area contributed by atoms with Crippen LogP contribution in [0, 0.1) is 17.1 Å². The van der Waals surface area contributed by atoms with Crippen LogP contribution < -0.4 is 26.4 Å². The van der Waals surface area contributed by atoms with Crippen molar-refractivity contribution in [3.8, 4) is 5.75 Å². The number of piperazine rings is 1. The van der Waals surface area contributed by atoms with Crippen LogP contribution in [0.5, 0.6) is 5.75 Å². The van der Waals surface area contributed by atoms with Crippen LogP contribution in [-0.2, 0) is 22.8 Å². The minimum absolute atomic E-state index is 0.0930. The summed E-state index contributed by atoms with van der Waals surface area (Å²) in [6.07, 6.45) is 6.56. The summed E-state index contributed by atoms with van der Waals surface area (Å²) in [6, 6.07) is 10.2. The monoisotopic (exact) mass is 830 g/mol. The Kier molecular flexibility index (Phi) is 13.6. The van der Waals surface area contributed by atoms with Crippen molar-refractivity contribution in [3.63, 3.8) is 0 Å². The summed E-state index contributed by atoms with van der Waals surface area (Å²) in [6.45, 7) is 14.0. The van der Waals surface area contributed by atoms with Crippen LogP contribution in [0.25, 0.3) is 22.3 Å². The summed E-state index contributed by atoms with van der Waals surface area (Å²) in [5.74, 6) is 0.143. The molecule has 0 spiro atoms. The van der Waals surface area contributed by atoms with Gasteiger partial charge in [0, 0.05) is 70.0 Å². The fraction of sp³-hybridized carbons (Fsp3) is 0.463. The fourth-order valence-corrected chi connectivity index (χ4v) is 8.68. The second-order valence-electron chi connectivity index (χ2n) is 15.4. The van der Waals surface area contributed by atoms with E-state index in [1.807, 2.05) is 26.8 Å². The number of hydrogen-bond donors (Lipinski definition) is 3. The van der Waals surface area contributed by atoms with E-state index in [1.165, 1.54) is 29.2 Å². The molecule has 1 saturated heterocycles. The molecule has 3 unspecified atom stereocenters. The molecule has 4 N–H and O–H groups in total. The molecule has 16 nitrogen and oxygen atoms in total. The van der Waals surface area contributed by atoms with Crippen molar-refractivity contribution in [2.45, 2.75) is 77.0 Å². The number of nitrogens with zero attached hydrogens (tertiary/aromatic N) is 9. The number of allylic oxidation sites excluding steroid dienone is 1. The first-order valence-corrected chi connectivity index (χ1v) is 21.1. The van der Waals surface area contributed by atoms with Crippen LogP contribution in [0.4, 0.5) is 21.7 Å². The molecular weight excluding hydrogens is 776 g/mol. The Balaban J connectivity index is 1.07. The maximum absolute atomic E-state index is 15.5. The van der Waals surface area contributed by atoms with Gasteiger partial charge in [-0.2, -0.15) is 9.50 Å². The van der Waals surface area contributed by atoms with Crippen molar-refractivity contribution in [3.05, 3.63) is 70.9 Å². The average molecular weight is 831 g/mol. The number of anilines is 3. The molecule has 0 amide bonds. The van der Waals surface area contributed by atoms with Gasteiger partial charge in [0.2, 0.25) is 11.6 Å². The SMILES string of the molecule is CCCC(C=O)n1c(=O)n(C)c2cc(N3CCN(CCCN(C)S(=O)c4ccc(Nc5nc6c(OC(C)C)c(/C(C=N)=C/N)ncn6n5)c(F)c4)C(C(C)C)C3)ccc21. The molecule has 316 valence electrons. The number of fused-ring (bicyclic) bond motifs is 2. The van der Waals surface area contributed by atoms with E-state index in [4.69, 9.17) is 15.9 Å². The lowest BCUT2D eigenvalue weighted by atomic mass is 9.98. The maximum Gasteiger partial charge on any atom is 0.329 e. The van der Waals surface area contributed by atoms with Crippen LogP contribution in [0.15, 0.2) is 58.6 Å². The third-order valence-electron chi connectivity index (χ3n) is 10.7. The van der Waals surface area contributed by atoms with E-state index >= 15 is 4.39 Å². The Bertz CT molecular complexity index is 2420. The number of aromatic nitrogens is 6. The topological polar surface area (TPSA) is 185 Å². The van der Waals surface area contributed by atoms with Crippen molar-refractivity contribution in [2.75, 3.05) is 50.0 Å². The van der Waals surface area contributed by atoms with Crippen LogP contribution in [0.1, 0.15) is 65.6 Å². The molecule has 1 aliphatic rings. The molecule has 1 aliphatic heterocycles. The normalized spacial score (nSPS) is 16.4. The van der Waals surface area contributed by atoms with Crippen LogP contribution in [0.3, 0.4) is 0 Å². The molecular formula is C41H55FN12O4S. The largest absolute Gasteiger partial charge is 0.485 e. The lowest BCUT2D eigenvalue weighted by Gasteiger charge is -2.44. The Morgan fingerprint density at radius 3 is 2.61 bits per heavy atom. The lowest BCUT2D eigenvalue weighted by Crippen LogP contribution is -2.55. The highest BCUT2D eigenvalue weighted by atomic mass is 32.2. The third-order valence-corrected chi connectivity index (χ3v) is 12.1. The number of nitrogens with two attached hydrogens (primary N) is 1. The maximum atomic E-state index is 15.5. The molecule has 3 atom stereocenters. The number of halogens is 1. The summed E-state index contributed by atoms with van der Waals surface area (Å²) >= 11 is 0. The number of rotatable bonds is 18. The summed E-state index contributed by atoms with van der Waals surface area (Å²) < 4.78 is 41.4. The minimum Gasteiger partial charge on any atom is -0.485 e. The van der Waals surface area contributed by atoms with Gasteiger partial charge in [-0.3, -0.25) is 14.0 Å². The number of hydrogen-bond acceptors (Lipinski definition) is 12. The third kappa shape index (κ3) is 9.08. The van der Waals surface area contributed by atoms with E-state index in [0.717, 1.165) is 68.2 Å². The Morgan fingerprint density at radius 2 is 1.95 bits per heavy atom. The zero-order chi connectivity index (χ0) is 42.5. The van der Waals surface area contributed by atoms with Gasteiger partial charge in [0.1, 0.15) is 35.1 Å². The molecule has 0 bridgehead atoms. The van der Waals surface area contributed by atoms with Gasteiger partial charge in [-0.05, 0) is 75.5 Å². The van der Waals surface area contributed by atoms with Crippen molar-refractivity contribution >= 4 is 63.1 Å². The quantitative estimate of drug-likeness (QED) is 0.0786. The van der Waals surface area contributed by atoms with Gasteiger partial charge in [-0.15, -0.1) is 5.10 Å². The second kappa shape index (κ2) is 18.6. The number of nitrogens with one attached hydrogen (secondary N) is 2. The predicted octanol–water partition coefficient (Wildman–Crippen LogP) is 5.13. The first-order chi connectivity index (χ1) is 28.3. The predicted molar refractivity (Wildman–Crippen MR) is 230 cm³/mol. The van der Waals surface area contributed by atoms with Crippen molar-refractivity contribution in [1.29, 1.82) is 5.41 Å². The summed E-state index contributed by atoms with van der Waals surface area (Å²) in [5.41, 5.74) is 9.23. The van der Waals surface area contributed by atoms with Crippen molar-refractivity contribution in [1.82, 2.24) is 37.9 Å². The first kappa shape index (κ1) is 43.1. The van der Waals surface area contributed by atoms with Crippen molar-refractivity contribution < 1.29 is 18.1 Å². The van der Waals surface area contributed by atoms with Crippen LogP contribution in [0.2, 0.25) is 0 Å². The Morgan fingerprint density at radius 1 is 1.17 bits per heavy atom. The van der Waals surface area contributed by atoms with E-state index in [2.05, 4.69) is 56.2 Å². The fourth-order valence-electron chi connectivity index (χ4n) is 7.63. The van der Waals surface area contributed by atoms with Crippen LogP contribution in [-0.4, -0.2) is 107 Å². The minimum atomic E-state index is -1.60. The molecule has 4 heterocycles. The standard InChI is InChI=1S/C41H55FN12O4S/c1-8-10-30(24-55)54-34-14-11-29(19-35(34)50(7)41(54)56)52-18-17-51(36(23-52)26(2)3)16-9-15-49(6)59(57)31-12-13-33(32(42)20-31)46-40-47-39-38(58-27(4)5)37(28(21-43)22-44)45-25-53(39)48-40/h11-14,19-22,24-27,30,36,43H,8-10,15-18,23,44H2,1-7H3,(H,46,48)/b28-22+,43-21?. The molecule has 18 heteroatoms. The van der Waals surface area contributed by atoms with Gasteiger partial charge in [-0.1, -0.05) is 27.2 Å². The van der Waals surface area contributed by atoms with E-state index in [1.54, 1.807) is 33.6 Å². The molecule has 1 fully saturated rings. The van der Waals surface area contributed by atoms with E-state index in [0.29, 0.717) is 40.7 Å². The summed E-state index contributed by atoms with van der Waals surface area (Å²) in [5, 5.41) is 15.0. The van der Waals surface area contributed by atoms with Gasteiger partial charge < -0.3 is 30.9 Å². The molecule has 3 aromatic heterocycles. The highest BCUT2D eigenvalue weighted by Crippen LogP contribution is 2.31. The molecule has 6 rings (SSSR count). The number of imidazole rings is 1. The molecule has 59 heavy (non-hydrogen) atoms. The number of aldehydes is 1. The zero-order valence-electron chi connectivity index (χ0n) is 34.8. The number of benzene rings is 2. The lowest BCUT2D eigenvalue weighted by molar-refractivity contribution is -0.110. The van der Waals surface area contributed by atoms with Gasteiger partial charge in [0.05, 0.1) is 33.8 Å². The Labute approximate surface area is 345 Å². The number of ether oxygens (including phenoxy) is 1. The van der Waals surface area contributed by atoms with Gasteiger partial charge >= 0.3 is 5.69 Å². The Hall–Kier alpha value is -5.46. The van der Waals surface area contributed by atoms with Gasteiger partial charge in [-0.25, -0.2) is 22.7 Å². The van der Waals surface area contributed by atoms with Crippen LogP contribution >= 0.6 is 0 Å². The smallest absolute Gasteiger partial charge is 0.329 e.